The third-order valence-corrected chi connectivity index (χ3v) is 2.47. The molecule has 0 bridgehead atoms. The van der Waals surface area contributed by atoms with Crippen molar-refractivity contribution in [3.63, 3.8) is 0 Å². The fourth-order valence-corrected chi connectivity index (χ4v) is 1.41. The minimum Gasteiger partial charge on any atom is -0.381 e. The summed E-state index contributed by atoms with van der Waals surface area (Å²) in [5.74, 6) is -2.84. The predicted octanol–water partition coefficient (Wildman–Crippen LogP) is 3.70. The molecule has 0 aliphatic carbocycles. The van der Waals surface area contributed by atoms with E-state index in [-0.39, 0.29) is 5.69 Å². The number of rotatable bonds is 3. The van der Waals surface area contributed by atoms with Gasteiger partial charge in [-0.2, -0.15) is 18.4 Å². The van der Waals surface area contributed by atoms with Gasteiger partial charge in [-0.1, -0.05) is 15.9 Å². The second-order valence-electron chi connectivity index (χ2n) is 3.23. The van der Waals surface area contributed by atoms with E-state index in [2.05, 4.69) is 21.2 Å². The first-order chi connectivity index (χ1) is 7.84. The fourth-order valence-electron chi connectivity index (χ4n) is 1.08. The highest BCUT2D eigenvalue weighted by atomic mass is 79.9. The highest BCUT2D eigenvalue weighted by Crippen LogP contribution is 2.26. The number of hydrogen-bond acceptors (Lipinski definition) is 2. The Morgan fingerprint density at radius 3 is 2.53 bits per heavy atom. The summed E-state index contributed by atoms with van der Waals surface area (Å²) >= 11 is 3.02. The van der Waals surface area contributed by atoms with Gasteiger partial charge in [0.15, 0.2) is 5.92 Å². The molecule has 1 N–H and O–H groups in total. The van der Waals surface area contributed by atoms with Gasteiger partial charge in [0, 0.05) is 11.0 Å². The molecular formula is C10H7BrF4N2. The quantitative estimate of drug-likeness (QED) is 0.864. The lowest BCUT2D eigenvalue weighted by molar-refractivity contribution is -0.155. The van der Waals surface area contributed by atoms with Crippen LogP contribution < -0.4 is 5.32 Å². The highest BCUT2D eigenvalue weighted by molar-refractivity contribution is 9.10. The largest absolute Gasteiger partial charge is 0.406 e. The summed E-state index contributed by atoms with van der Waals surface area (Å²) in [5.41, 5.74) is -0.0716. The molecular weight excluding hydrogens is 304 g/mol. The summed E-state index contributed by atoms with van der Waals surface area (Å²) in [6.07, 6.45) is -4.62. The van der Waals surface area contributed by atoms with Gasteiger partial charge in [-0.05, 0) is 18.2 Å². The average molecular weight is 311 g/mol. The maximum Gasteiger partial charge on any atom is 0.406 e. The summed E-state index contributed by atoms with van der Waals surface area (Å²) in [6, 6.07) is 5.03. The first-order valence-electron chi connectivity index (χ1n) is 4.50. The maximum absolute atomic E-state index is 13.2. The number of alkyl halides is 3. The molecule has 1 atom stereocenters. The van der Waals surface area contributed by atoms with Crippen LogP contribution in [0.15, 0.2) is 22.7 Å². The van der Waals surface area contributed by atoms with E-state index in [1.54, 1.807) is 0 Å². The van der Waals surface area contributed by atoms with Crippen LogP contribution in [0.3, 0.4) is 0 Å². The van der Waals surface area contributed by atoms with Crippen LogP contribution in [0.25, 0.3) is 0 Å². The number of benzene rings is 1. The Labute approximate surface area is 103 Å². The molecule has 1 unspecified atom stereocenters. The summed E-state index contributed by atoms with van der Waals surface area (Å²) in [5, 5.41) is 10.6. The molecule has 0 heterocycles. The van der Waals surface area contributed by atoms with Gasteiger partial charge in [-0.3, -0.25) is 0 Å². The van der Waals surface area contributed by atoms with E-state index >= 15 is 0 Å². The molecule has 0 saturated heterocycles. The first kappa shape index (κ1) is 13.8. The Kier molecular flexibility index (Phi) is 4.34. The Morgan fingerprint density at radius 1 is 1.41 bits per heavy atom. The lowest BCUT2D eigenvalue weighted by atomic mass is 10.1. The van der Waals surface area contributed by atoms with Crippen LogP contribution in [-0.4, -0.2) is 12.7 Å². The minimum absolute atomic E-state index is 0.0716. The molecule has 1 aromatic carbocycles. The van der Waals surface area contributed by atoms with Crippen molar-refractivity contribution in [2.75, 3.05) is 11.9 Å². The smallest absolute Gasteiger partial charge is 0.381 e. The van der Waals surface area contributed by atoms with Crippen molar-refractivity contribution >= 4 is 21.6 Å². The number of nitriles is 1. The predicted molar refractivity (Wildman–Crippen MR) is 57.7 cm³/mol. The molecule has 0 saturated carbocycles. The van der Waals surface area contributed by atoms with E-state index in [1.807, 2.05) is 0 Å². The molecule has 0 radical (unpaired) electrons. The summed E-state index contributed by atoms with van der Waals surface area (Å²) < 4.78 is 50.4. The van der Waals surface area contributed by atoms with Crippen LogP contribution in [0.4, 0.5) is 23.2 Å². The van der Waals surface area contributed by atoms with Crippen LogP contribution in [-0.2, 0) is 0 Å². The highest BCUT2D eigenvalue weighted by Gasteiger charge is 2.39. The zero-order chi connectivity index (χ0) is 13.1. The monoisotopic (exact) mass is 310 g/mol. The standard InChI is InChI=1S/C10H7BrF4N2/c11-7-1-2-9(8(12)3-7)17-5-6(4-16)10(13,14)15/h1-3,6,17H,5H2. The van der Waals surface area contributed by atoms with Crippen LogP contribution in [0.1, 0.15) is 0 Å². The topological polar surface area (TPSA) is 35.8 Å². The van der Waals surface area contributed by atoms with Crippen LogP contribution >= 0.6 is 15.9 Å². The molecule has 0 fully saturated rings. The van der Waals surface area contributed by atoms with Gasteiger partial charge in [0.25, 0.3) is 0 Å². The first-order valence-corrected chi connectivity index (χ1v) is 5.29. The van der Waals surface area contributed by atoms with E-state index < -0.39 is 24.5 Å². The molecule has 17 heavy (non-hydrogen) atoms. The molecule has 0 aliphatic rings. The van der Waals surface area contributed by atoms with Crippen LogP contribution in [0.2, 0.25) is 0 Å². The number of nitrogens with one attached hydrogen (secondary N) is 1. The normalized spacial score (nSPS) is 12.9. The maximum atomic E-state index is 13.2. The van der Waals surface area contributed by atoms with E-state index in [0.717, 1.165) is 12.1 Å². The van der Waals surface area contributed by atoms with Gasteiger partial charge in [-0.25, -0.2) is 4.39 Å². The Hall–Kier alpha value is -1.29. The summed E-state index contributed by atoms with van der Waals surface area (Å²) in [4.78, 5) is 0. The van der Waals surface area contributed by atoms with Gasteiger partial charge in [0.05, 0.1) is 11.8 Å². The molecule has 2 nitrogen and oxygen atoms in total. The van der Waals surface area contributed by atoms with Gasteiger partial charge in [0.2, 0.25) is 0 Å². The SMILES string of the molecule is N#CC(CNc1ccc(Br)cc1F)C(F)(F)F. The number of halogens is 5. The van der Waals surface area contributed by atoms with Crippen LogP contribution in [0, 0.1) is 23.1 Å². The molecule has 7 heteroatoms. The van der Waals surface area contributed by atoms with E-state index in [4.69, 9.17) is 5.26 Å². The molecule has 92 valence electrons. The second kappa shape index (κ2) is 5.36. The lowest BCUT2D eigenvalue weighted by Crippen LogP contribution is -2.28. The van der Waals surface area contributed by atoms with Crippen molar-refractivity contribution in [2.24, 2.45) is 5.92 Å². The minimum atomic E-state index is -4.62. The van der Waals surface area contributed by atoms with Crippen molar-refractivity contribution in [1.29, 1.82) is 5.26 Å². The van der Waals surface area contributed by atoms with Crippen molar-refractivity contribution < 1.29 is 17.6 Å². The van der Waals surface area contributed by atoms with Gasteiger partial charge < -0.3 is 5.32 Å². The van der Waals surface area contributed by atoms with Gasteiger partial charge in [-0.15, -0.1) is 0 Å². The zero-order valence-electron chi connectivity index (χ0n) is 8.35. The van der Waals surface area contributed by atoms with E-state index in [0.29, 0.717) is 4.47 Å². The van der Waals surface area contributed by atoms with Crippen molar-refractivity contribution in [1.82, 2.24) is 0 Å². The Bertz CT molecular complexity index is 439. The Morgan fingerprint density at radius 2 is 2.06 bits per heavy atom. The van der Waals surface area contributed by atoms with E-state index in [9.17, 15) is 17.6 Å². The lowest BCUT2D eigenvalue weighted by Gasteiger charge is -2.15. The fraction of sp³-hybridized carbons (Fsp3) is 0.300. The zero-order valence-corrected chi connectivity index (χ0v) is 9.94. The molecule has 0 aliphatic heterocycles. The van der Waals surface area contributed by atoms with Gasteiger partial charge in [0.1, 0.15) is 5.82 Å². The summed E-state index contributed by atoms with van der Waals surface area (Å²) in [6.45, 7) is -0.682. The van der Waals surface area contributed by atoms with Crippen molar-refractivity contribution in [3.8, 4) is 6.07 Å². The van der Waals surface area contributed by atoms with E-state index in [1.165, 1.54) is 12.1 Å². The second-order valence-corrected chi connectivity index (χ2v) is 4.14. The average Bonchev–Trinajstić information content (AvgIpc) is 2.19. The molecule has 0 amide bonds. The third-order valence-electron chi connectivity index (χ3n) is 1.98. The molecule has 0 aromatic heterocycles. The number of hydrogen-bond donors (Lipinski definition) is 1. The van der Waals surface area contributed by atoms with Gasteiger partial charge >= 0.3 is 6.18 Å². The Balaban J connectivity index is 2.71. The molecule has 1 rings (SSSR count). The molecule has 0 spiro atoms. The summed E-state index contributed by atoms with van der Waals surface area (Å²) in [7, 11) is 0. The van der Waals surface area contributed by atoms with Crippen molar-refractivity contribution in [2.45, 2.75) is 6.18 Å². The third kappa shape index (κ3) is 3.89. The van der Waals surface area contributed by atoms with Crippen molar-refractivity contribution in [3.05, 3.63) is 28.5 Å². The number of nitrogens with zero attached hydrogens (tertiary/aromatic N) is 1. The molecule has 1 aromatic rings. The number of anilines is 1. The van der Waals surface area contributed by atoms with Crippen LogP contribution in [0.5, 0.6) is 0 Å².